The number of aryl methyl sites for hydroxylation is 1. The van der Waals surface area contributed by atoms with Crippen LogP contribution < -0.4 is 5.32 Å². The molecule has 1 unspecified atom stereocenters. The van der Waals surface area contributed by atoms with E-state index in [1.54, 1.807) is 43.8 Å². The number of likely N-dealkylation sites (tertiary alicyclic amines) is 1. The minimum atomic E-state index is -0.928. The molecule has 35 heavy (non-hydrogen) atoms. The molecule has 1 saturated heterocycles. The molecule has 2 fully saturated rings. The third-order valence-electron chi connectivity index (χ3n) is 6.95. The van der Waals surface area contributed by atoms with E-state index in [0.717, 1.165) is 30.5 Å². The number of rotatable bonds is 5. The molecule has 4 rings (SSSR count). The molecule has 1 aliphatic carbocycles. The molecule has 2 bridgehead atoms. The van der Waals surface area contributed by atoms with Crippen molar-refractivity contribution in [3.05, 3.63) is 41.5 Å². The first-order valence-corrected chi connectivity index (χ1v) is 12.0. The Morgan fingerprint density at radius 1 is 1.34 bits per heavy atom. The largest absolute Gasteiger partial charge is 0.444 e. The number of nitrogens with one attached hydrogen (secondary N) is 1. The molecule has 1 aliphatic heterocycles. The number of carbonyl (C=O) groups excluding carboxylic acids is 2. The van der Waals surface area contributed by atoms with Gasteiger partial charge in [0, 0.05) is 30.8 Å². The van der Waals surface area contributed by atoms with Crippen LogP contribution in [0.1, 0.15) is 51.3 Å². The Hall–Kier alpha value is -3.41. The number of ether oxygens (including phenoxy) is 1. The van der Waals surface area contributed by atoms with E-state index in [2.05, 4.69) is 16.5 Å². The summed E-state index contributed by atoms with van der Waals surface area (Å²) in [6, 6.07) is 5.28. The van der Waals surface area contributed by atoms with Gasteiger partial charge < -0.3 is 10.1 Å². The average molecular weight is 482 g/mol. The van der Waals surface area contributed by atoms with E-state index >= 15 is 0 Å². The lowest BCUT2D eigenvalue weighted by Gasteiger charge is -2.35. The average Bonchev–Trinajstić information content (AvgIpc) is 3.48. The van der Waals surface area contributed by atoms with Gasteiger partial charge in [0.2, 0.25) is 5.91 Å². The summed E-state index contributed by atoms with van der Waals surface area (Å²) in [6.45, 7) is 7.27. The smallest absolute Gasteiger partial charge is 0.411 e. The van der Waals surface area contributed by atoms with Crippen LogP contribution in [0.4, 0.5) is 9.18 Å². The molecule has 2 aliphatic rings. The number of benzene rings is 1. The van der Waals surface area contributed by atoms with Gasteiger partial charge in [-0.15, -0.1) is 0 Å². The number of halogens is 1. The van der Waals surface area contributed by atoms with E-state index in [9.17, 15) is 19.2 Å². The molecular formula is C26H32FN5O3. The quantitative estimate of drug-likeness (QED) is 0.699. The maximum Gasteiger partial charge on any atom is 0.411 e. The second-order valence-corrected chi connectivity index (χ2v) is 10.5. The van der Waals surface area contributed by atoms with Crippen molar-refractivity contribution >= 4 is 12.0 Å². The van der Waals surface area contributed by atoms with Crippen molar-refractivity contribution in [1.29, 1.82) is 5.26 Å². The Balaban J connectivity index is 1.46. The fourth-order valence-electron chi connectivity index (χ4n) is 5.17. The third kappa shape index (κ3) is 5.02. The molecule has 9 heteroatoms. The number of amides is 2. The second kappa shape index (κ2) is 9.33. The Morgan fingerprint density at radius 2 is 2.09 bits per heavy atom. The van der Waals surface area contributed by atoms with E-state index in [-0.39, 0.29) is 18.4 Å². The minimum Gasteiger partial charge on any atom is -0.444 e. The first kappa shape index (κ1) is 24.7. The van der Waals surface area contributed by atoms with Crippen LogP contribution >= 0.6 is 0 Å². The minimum absolute atomic E-state index is 0.0215. The van der Waals surface area contributed by atoms with Gasteiger partial charge in [-0.3, -0.25) is 14.4 Å². The van der Waals surface area contributed by atoms with Crippen molar-refractivity contribution in [1.82, 2.24) is 20.0 Å². The fraction of sp³-hybridized carbons (Fsp3) is 0.538. The Kier molecular flexibility index (Phi) is 6.58. The van der Waals surface area contributed by atoms with Gasteiger partial charge in [-0.2, -0.15) is 10.4 Å². The monoisotopic (exact) mass is 481 g/mol. The van der Waals surface area contributed by atoms with Crippen LogP contribution in [0.3, 0.4) is 0 Å². The summed E-state index contributed by atoms with van der Waals surface area (Å²) in [5.41, 5.74) is 2.11. The summed E-state index contributed by atoms with van der Waals surface area (Å²) < 4.78 is 22.2. The number of nitrogens with zero attached hydrogens (tertiary/aromatic N) is 4. The van der Waals surface area contributed by atoms with Crippen LogP contribution in [0, 0.1) is 30.0 Å². The number of hydrogen-bond donors (Lipinski definition) is 1. The van der Waals surface area contributed by atoms with E-state index in [1.165, 1.54) is 11.0 Å². The highest BCUT2D eigenvalue weighted by Crippen LogP contribution is 2.43. The van der Waals surface area contributed by atoms with Crippen molar-refractivity contribution in [2.45, 2.75) is 77.1 Å². The molecule has 1 aromatic heterocycles. The fourth-order valence-corrected chi connectivity index (χ4v) is 5.17. The summed E-state index contributed by atoms with van der Waals surface area (Å²) in [4.78, 5) is 27.6. The van der Waals surface area contributed by atoms with Gasteiger partial charge in [-0.25, -0.2) is 9.18 Å². The first-order chi connectivity index (χ1) is 16.5. The lowest BCUT2D eigenvalue weighted by atomic mass is 9.97. The molecule has 186 valence electrons. The van der Waals surface area contributed by atoms with Crippen LogP contribution in [0.15, 0.2) is 24.4 Å². The van der Waals surface area contributed by atoms with Gasteiger partial charge in [-0.1, -0.05) is 12.1 Å². The summed E-state index contributed by atoms with van der Waals surface area (Å²) in [5, 5.41) is 16.6. The van der Waals surface area contributed by atoms with Gasteiger partial charge >= 0.3 is 6.09 Å². The zero-order valence-corrected chi connectivity index (χ0v) is 20.8. The van der Waals surface area contributed by atoms with Crippen molar-refractivity contribution in [3.63, 3.8) is 0 Å². The molecule has 2 aromatic rings. The zero-order valence-electron chi connectivity index (χ0n) is 20.8. The number of aromatic nitrogens is 2. The number of carbonyl (C=O) groups is 2. The van der Waals surface area contributed by atoms with E-state index in [1.807, 2.05) is 14.0 Å². The molecular weight excluding hydrogens is 449 g/mol. The second-order valence-electron chi connectivity index (χ2n) is 10.5. The summed E-state index contributed by atoms with van der Waals surface area (Å²) in [6.07, 6.45) is 3.64. The topological polar surface area (TPSA) is 100 Å². The molecule has 0 radical (unpaired) electrons. The molecule has 1 N–H and O–H groups in total. The van der Waals surface area contributed by atoms with Crippen LogP contribution in [0.5, 0.6) is 0 Å². The molecule has 2 amide bonds. The lowest BCUT2D eigenvalue weighted by Crippen LogP contribution is -2.55. The number of hydrogen-bond acceptors (Lipinski definition) is 5. The molecule has 0 spiro atoms. The van der Waals surface area contributed by atoms with Gasteiger partial charge in [0.15, 0.2) is 0 Å². The third-order valence-corrected chi connectivity index (χ3v) is 6.95. The summed E-state index contributed by atoms with van der Waals surface area (Å²) >= 11 is 0. The molecule has 1 saturated carbocycles. The SMILES string of the molecule is Cc1c(-c2ccc(CC(C#N)NC(=O)[C@@H]3[C@H]4CC[C@H](C4)N3C(=O)OC(C)(C)C)c(F)c2)cnn1C. The lowest BCUT2D eigenvalue weighted by molar-refractivity contribution is -0.128. The van der Waals surface area contributed by atoms with Crippen molar-refractivity contribution < 1.29 is 18.7 Å². The molecule has 2 heterocycles. The number of nitriles is 1. The number of piperidine rings is 1. The van der Waals surface area contributed by atoms with Crippen LogP contribution in [-0.2, 0) is 23.0 Å². The van der Waals surface area contributed by atoms with Crippen molar-refractivity contribution in [3.8, 4) is 17.2 Å². The zero-order chi connectivity index (χ0) is 25.5. The van der Waals surface area contributed by atoms with Crippen LogP contribution in [0.2, 0.25) is 0 Å². The first-order valence-electron chi connectivity index (χ1n) is 12.0. The predicted molar refractivity (Wildman–Crippen MR) is 128 cm³/mol. The van der Waals surface area contributed by atoms with E-state index in [4.69, 9.17) is 4.74 Å². The number of fused-ring (bicyclic) bond motifs is 2. The molecule has 1 aromatic carbocycles. The summed E-state index contributed by atoms with van der Waals surface area (Å²) in [5.74, 6) is -0.807. The van der Waals surface area contributed by atoms with E-state index in [0.29, 0.717) is 11.1 Å². The van der Waals surface area contributed by atoms with Gasteiger partial charge in [0.25, 0.3) is 0 Å². The highest BCUT2D eigenvalue weighted by Gasteiger charge is 2.52. The molecule has 4 atom stereocenters. The van der Waals surface area contributed by atoms with Crippen molar-refractivity contribution in [2.75, 3.05) is 0 Å². The predicted octanol–water partition coefficient (Wildman–Crippen LogP) is 3.87. The van der Waals surface area contributed by atoms with Crippen LogP contribution in [-0.4, -0.2) is 50.4 Å². The highest BCUT2D eigenvalue weighted by molar-refractivity contribution is 5.87. The van der Waals surface area contributed by atoms with Gasteiger partial charge in [-0.05, 0) is 70.1 Å². The maximum atomic E-state index is 14.9. The Morgan fingerprint density at radius 3 is 2.69 bits per heavy atom. The Labute approximate surface area is 205 Å². The highest BCUT2D eigenvalue weighted by atomic mass is 19.1. The Bertz CT molecular complexity index is 1180. The van der Waals surface area contributed by atoms with Crippen molar-refractivity contribution in [2.24, 2.45) is 13.0 Å². The van der Waals surface area contributed by atoms with Gasteiger partial charge in [0.1, 0.15) is 23.5 Å². The standard InChI is InChI=1S/C26H32FN5O3/c1-15-21(14-29-31(15)5)16-6-7-17(22(27)12-16)10-19(13-28)30-24(33)23-18-8-9-20(11-18)32(23)25(34)35-26(2,3)4/h6-7,12,14,18-20,23H,8-11H2,1-5H3,(H,30,33)/t18-,19?,20+,23-/m0/s1. The molecule has 8 nitrogen and oxygen atoms in total. The van der Waals surface area contributed by atoms with E-state index < -0.39 is 35.5 Å². The summed E-state index contributed by atoms with van der Waals surface area (Å²) in [7, 11) is 1.82. The van der Waals surface area contributed by atoms with Crippen LogP contribution in [0.25, 0.3) is 11.1 Å². The maximum absolute atomic E-state index is 14.9. The van der Waals surface area contributed by atoms with Gasteiger partial charge in [0.05, 0.1) is 12.3 Å². The normalized spacial score (nSPS) is 22.1.